The molecule has 1 atom stereocenters. The highest BCUT2D eigenvalue weighted by molar-refractivity contribution is 6.31. The molecule has 2 aromatic carbocycles. The maximum Gasteiger partial charge on any atom is 0.297 e. The van der Waals surface area contributed by atoms with Crippen LogP contribution < -0.4 is 10.1 Å². The first-order valence-corrected chi connectivity index (χ1v) is 11.7. The van der Waals surface area contributed by atoms with Gasteiger partial charge in [0.15, 0.2) is 5.76 Å². The number of hydrogen-bond acceptors (Lipinski definition) is 5. The number of Topliss-reactive ketones (excluding diaryl/α,β-unsaturated/α-hetero) is 1. The minimum Gasteiger partial charge on any atom is -0.451 e. The van der Waals surface area contributed by atoms with Gasteiger partial charge < -0.3 is 10.1 Å². The van der Waals surface area contributed by atoms with Crippen LogP contribution >= 0.6 is 11.6 Å². The summed E-state index contributed by atoms with van der Waals surface area (Å²) in [7, 11) is 0. The lowest BCUT2D eigenvalue weighted by molar-refractivity contribution is -0.147. The van der Waals surface area contributed by atoms with Crippen LogP contribution in [0.1, 0.15) is 36.0 Å². The molecule has 0 spiro atoms. The predicted molar refractivity (Wildman–Crippen MR) is 131 cm³/mol. The molecule has 8 heteroatoms. The van der Waals surface area contributed by atoms with E-state index in [4.69, 9.17) is 16.3 Å². The van der Waals surface area contributed by atoms with E-state index in [1.165, 1.54) is 0 Å². The van der Waals surface area contributed by atoms with Crippen molar-refractivity contribution in [2.24, 2.45) is 0 Å². The maximum atomic E-state index is 12.8. The van der Waals surface area contributed by atoms with E-state index in [1.54, 1.807) is 18.2 Å². The Labute approximate surface area is 208 Å². The number of carbonyl (C=O) groups excluding carboxylic acids is 4. The minimum absolute atomic E-state index is 0.0830. The van der Waals surface area contributed by atoms with Gasteiger partial charge in [0.1, 0.15) is 17.6 Å². The quantitative estimate of drug-likeness (QED) is 0.565. The molecular formula is C27H25ClN2O5. The first-order chi connectivity index (χ1) is 16.7. The van der Waals surface area contributed by atoms with Crippen molar-refractivity contribution in [2.45, 2.75) is 45.1 Å². The van der Waals surface area contributed by atoms with Crippen LogP contribution in [0.15, 0.2) is 66.6 Å². The Morgan fingerprint density at radius 3 is 2.71 bits per heavy atom. The van der Waals surface area contributed by atoms with Crippen molar-refractivity contribution in [1.29, 1.82) is 0 Å². The average molecular weight is 493 g/mol. The summed E-state index contributed by atoms with van der Waals surface area (Å²) < 4.78 is 5.70. The fourth-order valence-electron chi connectivity index (χ4n) is 4.08. The van der Waals surface area contributed by atoms with Gasteiger partial charge in [-0.1, -0.05) is 42.4 Å². The average Bonchev–Trinajstić information content (AvgIpc) is 3.08. The molecule has 0 saturated carbocycles. The molecule has 0 aromatic heterocycles. The number of nitrogens with zero attached hydrogens (tertiary/aromatic N) is 1. The fourth-order valence-corrected chi connectivity index (χ4v) is 4.28. The number of amides is 3. The standard InChI is InChI=1S/C27H25ClN2O5/c1-16-6-8-19(14-22(16)28)12-20(31)10-9-18-4-3-5-21(13-18)35-24-15-25(32)30(27(24)34)23-11-7-17(2)29-26(23)33/h3-6,8,13-15,23H,2,7,9-12H2,1H3,(H,29,33). The summed E-state index contributed by atoms with van der Waals surface area (Å²) in [6.07, 6.45) is 3.05. The van der Waals surface area contributed by atoms with E-state index in [0.717, 1.165) is 27.7 Å². The van der Waals surface area contributed by atoms with Crippen molar-refractivity contribution in [3.05, 3.63) is 88.3 Å². The van der Waals surface area contributed by atoms with E-state index in [0.29, 0.717) is 48.6 Å². The molecule has 1 N–H and O–H groups in total. The van der Waals surface area contributed by atoms with Gasteiger partial charge in [-0.2, -0.15) is 0 Å². The Hall–Kier alpha value is -3.71. The largest absolute Gasteiger partial charge is 0.451 e. The third-order valence-electron chi connectivity index (χ3n) is 6.01. The molecule has 1 fully saturated rings. The smallest absolute Gasteiger partial charge is 0.297 e. The van der Waals surface area contributed by atoms with Gasteiger partial charge in [-0.25, -0.2) is 0 Å². The van der Waals surface area contributed by atoms with Crippen LogP contribution in [0, 0.1) is 6.92 Å². The van der Waals surface area contributed by atoms with Crippen molar-refractivity contribution in [2.75, 3.05) is 0 Å². The second-order valence-electron chi connectivity index (χ2n) is 8.72. The summed E-state index contributed by atoms with van der Waals surface area (Å²) in [5.41, 5.74) is 3.26. The molecule has 3 amide bonds. The third-order valence-corrected chi connectivity index (χ3v) is 6.42. The highest BCUT2D eigenvalue weighted by Crippen LogP contribution is 2.26. The summed E-state index contributed by atoms with van der Waals surface area (Å²) in [6.45, 7) is 5.62. The van der Waals surface area contributed by atoms with Crippen LogP contribution in [0.25, 0.3) is 0 Å². The van der Waals surface area contributed by atoms with Crippen LogP contribution in [0.2, 0.25) is 5.02 Å². The van der Waals surface area contributed by atoms with Gasteiger partial charge >= 0.3 is 0 Å². The highest BCUT2D eigenvalue weighted by Gasteiger charge is 2.42. The number of rotatable bonds is 8. The lowest BCUT2D eigenvalue weighted by Gasteiger charge is -2.29. The number of imide groups is 1. The SMILES string of the molecule is C=C1CCC(N2C(=O)C=C(Oc3cccc(CCC(=O)Cc4ccc(C)c(Cl)c4)c3)C2=O)C(=O)N1. The Bertz CT molecular complexity index is 1270. The predicted octanol–water partition coefficient (Wildman–Crippen LogP) is 3.82. The van der Waals surface area contributed by atoms with Gasteiger partial charge in [0.2, 0.25) is 5.91 Å². The van der Waals surface area contributed by atoms with Gasteiger partial charge in [-0.3, -0.25) is 24.1 Å². The lowest BCUT2D eigenvalue weighted by atomic mass is 10.0. The van der Waals surface area contributed by atoms with Crippen molar-refractivity contribution in [1.82, 2.24) is 10.2 Å². The Balaban J connectivity index is 1.35. The van der Waals surface area contributed by atoms with E-state index < -0.39 is 23.8 Å². The number of benzene rings is 2. The zero-order valence-corrected chi connectivity index (χ0v) is 20.1. The molecule has 2 aliphatic rings. The molecule has 2 aliphatic heterocycles. The summed E-state index contributed by atoms with van der Waals surface area (Å²) in [4.78, 5) is 50.9. The summed E-state index contributed by atoms with van der Waals surface area (Å²) >= 11 is 6.14. The third kappa shape index (κ3) is 5.69. The minimum atomic E-state index is -0.890. The monoisotopic (exact) mass is 492 g/mol. The number of hydrogen-bond donors (Lipinski definition) is 1. The van der Waals surface area contributed by atoms with Crippen molar-refractivity contribution >= 4 is 35.1 Å². The van der Waals surface area contributed by atoms with Gasteiger partial charge in [0.25, 0.3) is 11.8 Å². The topological polar surface area (TPSA) is 92.8 Å². The molecule has 2 aromatic rings. The van der Waals surface area contributed by atoms with Crippen molar-refractivity contribution < 1.29 is 23.9 Å². The molecule has 1 unspecified atom stereocenters. The normalized spacial score (nSPS) is 17.9. The van der Waals surface area contributed by atoms with Crippen LogP contribution in [0.5, 0.6) is 5.75 Å². The van der Waals surface area contributed by atoms with Crippen molar-refractivity contribution in [3.8, 4) is 5.75 Å². The number of allylic oxidation sites excluding steroid dienone is 1. The summed E-state index contributed by atoms with van der Waals surface area (Å²) in [5.74, 6) is -1.36. The zero-order valence-electron chi connectivity index (χ0n) is 19.3. The lowest BCUT2D eigenvalue weighted by Crippen LogP contribution is -2.52. The maximum absolute atomic E-state index is 12.8. The van der Waals surface area contributed by atoms with E-state index in [-0.39, 0.29) is 11.5 Å². The Morgan fingerprint density at radius 2 is 1.97 bits per heavy atom. The Morgan fingerprint density at radius 1 is 1.17 bits per heavy atom. The number of nitrogens with one attached hydrogen (secondary N) is 1. The summed E-state index contributed by atoms with van der Waals surface area (Å²) in [5, 5.41) is 3.23. The second kappa shape index (κ2) is 10.3. The van der Waals surface area contributed by atoms with Crippen LogP contribution in [-0.4, -0.2) is 34.4 Å². The molecule has 4 rings (SSSR count). The number of halogens is 1. The van der Waals surface area contributed by atoms with Gasteiger partial charge in [-0.15, -0.1) is 0 Å². The Kier molecular flexibility index (Phi) is 7.17. The fraction of sp³-hybridized carbons (Fsp3) is 0.259. The second-order valence-corrected chi connectivity index (χ2v) is 9.12. The molecule has 2 heterocycles. The zero-order chi connectivity index (χ0) is 25.1. The molecular weight excluding hydrogens is 468 g/mol. The number of ether oxygens (including phenoxy) is 1. The van der Waals surface area contributed by atoms with E-state index in [1.807, 2.05) is 31.2 Å². The number of carbonyl (C=O) groups is 4. The van der Waals surface area contributed by atoms with Crippen LogP contribution in [0.4, 0.5) is 0 Å². The van der Waals surface area contributed by atoms with E-state index in [2.05, 4.69) is 11.9 Å². The van der Waals surface area contributed by atoms with Crippen LogP contribution in [0.3, 0.4) is 0 Å². The molecule has 1 saturated heterocycles. The van der Waals surface area contributed by atoms with Crippen molar-refractivity contribution in [3.63, 3.8) is 0 Å². The van der Waals surface area contributed by atoms with Gasteiger partial charge in [-0.05, 0) is 61.1 Å². The molecule has 35 heavy (non-hydrogen) atoms. The first kappa shape index (κ1) is 24.4. The van der Waals surface area contributed by atoms with E-state index >= 15 is 0 Å². The van der Waals surface area contributed by atoms with E-state index in [9.17, 15) is 19.2 Å². The molecule has 7 nitrogen and oxygen atoms in total. The molecule has 180 valence electrons. The van der Waals surface area contributed by atoms with Crippen LogP contribution in [-0.2, 0) is 32.0 Å². The highest BCUT2D eigenvalue weighted by atomic mass is 35.5. The van der Waals surface area contributed by atoms with Gasteiger partial charge in [0, 0.05) is 23.6 Å². The number of piperidine rings is 1. The number of ketones is 1. The molecule has 0 aliphatic carbocycles. The molecule has 0 bridgehead atoms. The summed E-state index contributed by atoms with van der Waals surface area (Å²) in [6, 6.07) is 11.7. The molecule has 0 radical (unpaired) electrons. The van der Waals surface area contributed by atoms with Gasteiger partial charge in [0.05, 0.1) is 6.08 Å². The number of aryl methyl sites for hydroxylation is 2. The first-order valence-electron chi connectivity index (χ1n) is 11.3.